The van der Waals surface area contributed by atoms with Crippen molar-refractivity contribution in [2.24, 2.45) is 5.92 Å². The van der Waals surface area contributed by atoms with E-state index in [0.717, 1.165) is 19.6 Å². The molecule has 4 heteroatoms. The minimum atomic E-state index is 0.163. The summed E-state index contributed by atoms with van der Waals surface area (Å²) in [4.78, 5) is 14.4. The topological polar surface area (TPSA) is 37.3 Å². The summed E-state index contributed by atoms with van der Waals surface area (Å²) < 4.78 is 2.06. The second-order valence-electron chi connectivity index (χ2n) is 5.84. The predicted octanol–water partition coefficient (Wildman–Crippen LogP) is 0.658. The van der Waals surface area contributed by atoms with E-state index in [4.69, 9.17) is 0 Å². The molecular weight excluding hydrogens is 226 g/mol. The first-order chi connectivity index (χ1) is 8.66. The van der Waals surface area contributed by atoms with Crippen LogP contribution < -0.4 is 10.9 Å². The lowest BCUT2D eigenvalue weighted by Gasteiger charge is -2.44. The fourth-order valence-electron chi connectivity index (χ4n) is 3.51. The molecule has 2 bridgehead atoms. The maximum atomic E-state index is 12.2. The molecule has 18 heavy (non-hydrogen) atoms. The number of likely N-dealkylation sites (N-methyl/N-ethyl adjacent to an activating group) is 1. The van der Waals surface area contributed by atoms with E-state index in [1.54, 1.807) is 6.07 Å². The first-order valence-electron chi connectivity index (χ1n) is 6.73. The average Bonchev–Trinajstić information content (AvgIpc) is 2.35. The third-order valence-corrected chi connectivity index (χ3v) is 4.25. The molecule has 3 heterocycles. The molecule has 0 amide bonds. The molecule has 3 atom stereocenters. The zero-order valence-electron chi connectivity index (χ0n) is 11.1. The zero-order valence-corrected chi connectivity index (χ0v) is 11.1. The first-order valence-corrected chi connectivity index (χ1v) is 6.73. The van der Waals surface area contributed by atoms with Gasteiger partial charge in [0, 0.05) is 37.3 Å². The number of hydrogen-bond acceptors (Lipinski definition) is 3. The first kappa shape index (κ1) is 11.9. The second kappa shape index (κ2) is 4.52. The molecule has 0 spiro atoms. The van der Waals surface area contributed by atoms with Crippen LogP contribution in [0.2, 0.25) is 0 Å². The molecule has 0 unspecified atom stereocenters. The molecule has 4 nitrogen and oxygen atoms in total. The average molecular weight is 247 g/mol. The standard InChI is InChI=1S/C14H21N3O/c1-16(2)9-13-11-6-10(7-15-8-11)12-4-3-5-14(18)17(12)13/h3-5,10-11,13,15H,6-9H2,1-2H3/t10-,11+,13+/m1/s1. The third kappa shape index (κ3) is 1.89. The fraction of sp³-hybridized carbons (Fsp3) is 0.643. The molecule has 0 saturated carbocycles. The Morgan fingerprint density at radius 2 is 2.22 bits per heavy atom. The number of nitrogens with one attached hydrogen (secondary N) is 1. The van der Waals surface area contributed by atoms with Crippen molar-refractivity contribution in [1.29, 1.82) is 0 Å². The molecule has 1 N–H and O–H groups in total. The van der Waals surface area contributed by atoms with Gasteiger partial charge in [0.1, 0.15) is 0 Å². The Hall–Kier alpha value is -1.13. The summed E-state index contributed by atoms with van der Waals surface area (Å²) in [5.74, 6) is 1.09. The summed E-state index contributed by atoms with van der Waals surface area (Å²) in [5, 5.41) is 3.52. The fourth-order valence-corrected chi connectivity index (χ4v) is 3.51. The van der Waals surface area contributed by atoms with Crippen LogP contribution in [0.1, 0.15) is 24.1 Å². The van der Waals surface area contributed by atoms with Crippen LogP contribution in [0.5, 0.6) is 0 Å². The highest BCUT2D eigenvalue weighted by Crippen LogP contribution is 2.38. The number of nitrogens with zero attached hydrogens (tertiary/aromatic N) is 2. The van der Waals surface area contributed by atoms with Crippen LogP contribution in [0.3, 0.4) is 0 Å². The van der Waals surface area contributed by atoms with Crippen molar-refractivity contribution in [3.05, 3.63) is 34.2 Å². The van der Waals surface area contributed by atoms with E-state index in [2.05, 4.69) is 34.9 Å². The van der Waals surface area contributed by atoms with E-state index >= 15 is 0 Å². The van der Waals surface area contributed by atoms with Crippen LogP contribution in [0.25, 0.3) is 0 Å². The van der Waals surface area contributed by atoms with E-state index in [1.165, 1.54) is 12.1 Å². The molecular formula is C14H21N3O. The SMILES string of the molecule is CN(C)C[C@H]1[C@@H]2CNC[C@@H](C2)c2cccc(=O)n21. The highest BCUT2D eigenvalue weighted by molar-refractivity contribution is 5.19. The molecule has 1 aromatic rings. The highest BCUT2D eigenvalue weighted by atomic mass is 16.1. The quantitative estimate of drug-likeness (QED) is 0.834. The summed E-state index contributed by atoms with van der Waals surface area (Å²) in [6.07, 6.45) is 1.22. The molecule has 0 radical (unpaired) electrons. The van der Waals surface area contributed by atoms with Crippen molar-refractivity contribution < 1.29 is 0 Å². The number of rotatable bonds is 2. The van der Waals surface area contributed by atoms with E-state index in [1.807, 2.05) is 6.07 Å². The lowest BCUT2D eigenvalue weighted by Crippen LogP contribution is -2.50. The van der Waals surface area contributed by atoms with Gasteiger partial charge >= 0.3 is 0 Å². The van der Waals surface area contributed by atoms with E-state index in [9.17, 15) is 4.79 Å². The minimum Gasteiger partial charge on any atom is -0.316 e. The van der Waals surface area contributed by atoms with Crippen molar-refractivity contribution in [1.82, 2.24) is 14.8 Å². The Bertz CT molecular complexity index is 494. The molecule has 1 saturated heterocycles. The molecule has 98 valence electrons. The van der Waals surface area contributed by atoms with Crippen LogP contribution in [0.4, 0.5) is 0 Å². The lowest BCUT2D eigenvalue weighted by molar-refractivity contribution is 0.162. The monoisotopic (exact) mass is 247 g/mol. The zero-order chi connectivity index (χ0) is 12.7. The Morgan fingerprint density at radius 3 is 3.00 bits per heavy atom. The highest BCUT2D eigenvalue weighted by Gasteiger charge is 2.37. The Balaban J connectivity index is 2.09. The molecule has 2 aliphatic rings. The number of piperidine rings is 1. The Kier molecular flexibility index (Phi) is 2.99. The van der Waals surface area contributed by atoms with Gasteiger partial charge in [-0.25, -0.2) is 0 Å². The van der Waals surface area contributed by atoms with Crippen molar-refractivity contribution in [3.8, 4) is 0 Å². The van der Waals surface area contributed by atoms with E-state index < -0.39 is 0 Å². The third-order valence-electron chi connectivity index (χ3n) is 4.25. The summed E-state index contributed by atoms with van der Waals surface area (Å²) in [6, 6.07) is 6.03. The Morgan fingerprint density at radius 1 is 1.39 bits per heavy atom. The number of pyridine rings is 1. The van der Waals surface area contributed by atoms with Gasteiger partial charge in [-0.3, -0.25) is 4.79 Å². The van der Waals surface area contributed by atoms with Crippen LogP contribution in [-0.2, 0) is 0 Å². The van der Waals surface area contributed by atoms with Crippen LogP contribution >= 0.6 is 0 Å². The maximum absolute atomic E-state index is 12.2. The number of aromatic nitrogens is 1. The van der Waals surface area contributed by atoms with Gasteiger partial charge in [0.2, 0.25) is 0 Å². The van der Waals surface area contributed by atoms with Gasteiger partial charge in [0.15, 0.2) is 0 Å². The van der Waals surface area contributed by atoms with Crippen LogP contribution in [0, 0.1) is 5.92 Å². The lowest BCUT2D eigenvalue weighted by atomic mass is 9.79. The largest absolute Gasteiger partial charge is 0.316 e. The molecule has 2 aliphatic heterocycles. The van der Waals surface area contributed by atoms with Crippen LogP contribution in [0.15, 0.2) is 23.0 Å². The van der Waals surface area contributed by atoms with Gasteiger partial charge in [-0.1, -0.05) is 6.07 Å². The second-order valence-corrected chi connectivity index (χ2v) is 5.84. The molecule has 1 aromatic heterocycles. The van der Waals surface area contributed by atoms with Gasteiger partial charge in [-0.2, -0.15) is 0 Å². The molecule has 3 rings (SSSR count). The summed E-state index contributed by atoms with van der Waals surface area (Å²) in [6.45, 7) is 2.99. The van der Waals surface area contributed by atoms with Gasteiger partial charge in [0.05, 0.1) is 6.04 Å². The van der Waals surface area contributed by atoms with Crippen molar-refractivity contribution >= 4 is 0 Å². The van der Waals surface area contributed by atoms with Crippen molar-refractivity contribution in [2.45, 2.75) is 18.4 Å². The number of hydrogen-bond donors (Lipinski definition) is 1. The minimum absolute atomic E-state index is 0.163. The normalized spacial score (nSPS) is 30.3. The van der Waals surface area contributed by atoms with Crippen LogP contribution in [-0.4, -0.2) is 43.2 Å². The van der Waals surface area contributed by atoms with E-state index in [-0.39, 0.29) is 5.56 Å². The smallest absolute Gasteiger partial charge is 0.251 e. The van der Waals surface area contributed by atoms with Gasteiger partial charge < -0.3 is 14.8 Å². The molecule has 0 aliphatic carbocycles. The predicted molar refractivity (Wildman–Crippen MR) is 72.0 cm³/mol. The van der Waals surface area contributed by atoms with Gasteiger partial charge in [-0.05, 0) is 32.5 Å². The van der Waals surface area contributed by atoms with E-state index in [0.29, 0.717) is 17.9 Å². The number of fused-ring (bicyclic) bond motifs is 4. The summed E-state index contributed by atoms with van der Waals surface area (Å²) >= 11 is 0. The summed E-state index contributed by atoms with van der Waals surface area (Å²) in [5.41, 5.74) is 1.38. The van der Waals surface area contributed by atoms with Crippen molar-refractivity contribution in [3.63, 3.8) is 0 Å². The van der Waals surface area contributed by atoms with Gasteiger partial charge in [0.25, 0.3) is 5.56 Å². The Labute approximate surface area is 108 Å². The molecule has 1 fully saturated rings. The van der Waals surface area contributed by atoms with Gasteiger partial charge in [-0.15, -0.1) is 0 Å². The van der Waals surface area contributed by atoms with Crippen molar-refractivity contribution in [2.75, 3.05) is 33.7 Å². The maximum Gasteiger partial charge on any atom is 0.251 e. The summed E-state index contributed by atoms with van der Waals surface area (Å²) in [7, 11) is 4.16. The molecule has 0 aromatic carbocycles.